The number of carbonyl (C=O) groups is 2. The molecule has 4 aromatic carbocycles. The van der Waals surface area contributed by atoms with E-state index in [1.165, 1.54) is 19.2 Å². The van der Waals surface area contributed by atoms with Gasteiger partial charge in [-0.05, 0) is 65.9 Å². The fourth-order valence-electron chi connectivity index (χ4n) is 5.65. The number of rotatable bonds is 12. The van der Waals surface area contributed by atoms with Gasteiger partial charge in [0.1, 0.15) is 30.3 Å². The lowest BCUT2D eigenvalue weighted by Crippen LogP contribution is -2.48. The third-order valence-corrected chi connectivity index (χ3v) is 8.01. The van der Waals surface area contributed by atoms with Crippen molar-refractivity contribution >= 4 is 17.7 Å². The molecule has 0 aliphatic carbocycles. The number of ether oxygens (including phenoxy) is 3. The van der Waals surface area contributed by atoms with Crippen LogP contribution in [0.3, 0.4) is 0 Å². The van der Waals surface area contributed by atoms with Crippen LogP contribution in [-0.2, 0) is 20.7 Å². The van der Waals surface area contributed by atoms with Crippen molar-refractivity contribution in [3.63, 3.8) is 0 Å². The molecule has 0 bridgehead atoms. The zero-order chi connectivity index (χ0) is 33.0. The zero-order valence-electron chi connectivity index (χ0n) is 26.0. The van der Waals surface area contributed by atoms with Crippen LogP contribution in [0.25, 0.3) is 0 Å². The number of anilines is 1. The number of aryl methyl sites for hydroxylation is 1. The van der Waals surface area contributed by atoms with Gasteiger partial charge in [-0.2, -0.15) is 5.26 Å². The predicted octanol–water partition coefficient (Wildman–Crippen LogP) is 5.56. The van der Waals surface area contributed by atoms with E-state index in [4.69, 9.17) is 19.5 Å². The van der Waals surface area contributed by atoms with Gasteiger partial charge < -0.3 is 30.2 Å². The Labute approximate surface area is 273 Å². The van der Waals surface area contributed by atoms with Crippen LogP contribution in [0.15, 0.2) is 103 Å². The van der Waals surface area contributed by atoms with Gasteiger partial charge in [0.25, 0.3) is 0 Å². The van der Waals surface area contributed by atoms with E-state index in [-0.39, 0.29) is 12.2 Å². The number of carbonyl (C=O) groups excluding carboxylic acids is 2. The second kappa shape index (κ2) is 16.4. The molecule has 5 rings (SSSR count). The zero-order valence-corrected chi connectivity index (χ0v) is 26.0. The quantitative estimate of drug-likeness (QED) is 0.186. The van der Waals surface area contributed by atoms with E-state index in [0.717, 1.165) is 16.7 Å². The van der Waals surface area contributed by atoms with Gasteiger partial charge in [0, 0.05) is 24.7 Å². The van der Waals surface area contributed by atoms with Crippen LogP contribution in [-0.4, -0.2) is 57.1 Å². The molecule has 3 atom stereocenters. The van der Waals surface area contributed by atoms with Crippen LogP contribution in [0.4, 0.5) is 14.9 Å². The van der Waals surface area contributed by atoms with Gasteiger partial charge in [-0.1, -0.05) is 66.7 Å². The molecule has 3 N–H and O–H groups in total. The van der Waals surface area contributed by atoms with Crippen LogP contribution in [0.1, 0.15) is 34.6 Å². The van der Waals surface area contributed by atoms with Gasteiger partial charge in [-0.25, -0.2) is 9.18 Å². The van der Waals surface area contributed by atoms with Crippen molar-refractivity contribution in [3.8, 4) is 11.8 Å². The summed E-state index contributed by atoms with van der Waals surface area (Å²) in [5, 5.41) is 18.0. The minimum absolute atomic E-state index is 0.138. The molecule has 242 valence electrons. The van der Waals surface area contributed by atoms with E-state index in [9.17, 15) is 14.0 Å². The van der Waals surface area contributed by atoms with E-state index in [0.29, 0.717) is 49.5 Å². The number of nitrogens with zero attached hydrogens (tertiary/aromatic N) is 1. The SMILES string of the molecule is COC(=O)NC(C(=O)Nc1cc(F)ccc1CC[C@@H]1CNC[C@@H](COc2ccc(C#N)cc2)O1)C(c1ccccc1)c1ccccc1. The lowest BCUT2D eigenvalue weighted by Gasteiger charge is -2.31. The lowest BCUT2D eigenvalue weighted by atomic mass is 9.84. The first kappa shape index (κ1) is 33.1. The Balaban J connectivity index is 1.29. The molecular formula is C37H37FN4O5. The molecule has 47 heavy (non-hydrogen) atoms. The molecule has 1 heterocycles. The van der Waals surface area contributed by atoms with Crippen LogP contribution < -0.4 is 20.7 Å². The number of benzene rings is 4. The highest BCUT2D eigenvalue weighted by molar-refractivity contribution is 5.98. The number of alkyl carbamates (subject to hydrolysis) is 1. The third-order valence-electron chi connectivity index (χ3n) is 8.01. The highest BCUT2D eigenvalue weighted by Crippen LogP contribution is 2.30. The largest absolute Gasteiger partial charge is 0.491 e. The highest BCUT2D eigenvalue weighted by Gasteiger charge is 2.33. The molecule has 1 fully saturated rings. The molecule has 0 saturated carbocycles. The Morgan fingerprint density at radius 2 is 1.62 bits per heavy atom. The molecule has 1 aliphatic rings. The smallest absolute Gasteiger partial charge is 0.407 e. The van der Waals surface area contributed by atoms with Gasteiger partial charge in [0.05, 0.1) is 24.8 Å². The molecule has 9 nitrogen and oxygen atoms in total. The fraction of sp³-hybridized carbons (Fsp3) is 0.270. The molecule has 4 aromatic rings. The van der Waals surface area contributed by atoms with Crippen LogP contribution in [0.2, 0.25) is 0 Å². The number of nitriles is 1. The summed E-state index contributed by atoms with van der Waals surface area (Å²) < 4.78 is 31.6. The molecule has 1 saturated heterocycles. The predicted molar refractivity (Wildman–Crippen MR) is 176 cm³/mol. The van der Waals surface area contributed by atoms with Crippen molar-refractivity contribution in [2.24, 2.45) is 0 Å². The van der Waals surface area contributed by atoms with E-state index < -0.39 is 29.8 Å². The average molecular weight is 637 g/mol. The Morgan fingerprint density at radius 3 is 2.26 bits per heavy atom. The molecule has 0 spiro atoms. The highest BCUT2D eigenvalue weighted by atomic mass is 19.1. The minimum atomic E-state index is -1.08. The number of nitrogens with one attached hydrogen (secondary N) is 3. The van der Waals surface area contributed by atoms with Gasteiger partial charge in [0.2, 0.25) is 5.91 Å². The summed E-state index contributed by atoms with van der Waals surface area (Å²) in [5.74, 6) is -0.919. The van der Waals surface area contributed by atoms with E-state index in [1.54, 1.807) is 30.3 Å². The van der Waals surface area contributed by atoms with Crippen molar-refractivity contribution in [1.29, 1.82) is 5.26 Å². The van der Waals surface area contributed by atoms with Crippen molar-refractivity contribution in [3.05, 3.63) is 131 Å². The second-order valence-corrected chi connectivity index (χ2v) is 11.2. The van der Waals surface area contributed by atoms with Gasteiger partial charge in [-0.3, -0.25) is 4.79 Å². The molecule has 1 aliphatic heterocycles. The topological polar surface area (TPSA) is 122 Å². The summed E-state index contributed by atoms with van der Waals surface area (Å²) in [5.41, 5.74) is 3.23. The molecule has 1 unspecified atom stereocenters. The molecular weight excluding hydrogens is 599 g/mol. The Hall–Kier alpha value is -5.24. The number of morpholine rings is 1. The number of hydrogen-bond acceptors (Lipinski definition) is 7. The number of amides is 2. The summed E-state index contributed by atoms with van der Waals surface area (Å²) in [4.78, 5) is 26.5. The van der Waals surface area contributed by atoms with Gasteiger partial charge >= 0.3 is 6.09 Å². The number of methoxy groups -OCH3 is 1. The van der Waals surface area contributed by atoms with Crippen molar-refractivity contribution in [1.82, 2.24) is 10.6 Å². The molecule has 10 heteroatoms. The first-order valence-corrected chi connectivity index (χ1v) is 15.5. The number of hydrogen-bond donors (Lipinski definition) is 3. The Morgan fingerprint density at radius 1 is 0.957 bits per heavy atom. The van der Waals surface area contributed by atoms with Crippen LogP contribution >= 0.6 is 0 Å². The maximum Gasteiger partial charge on any atom is 0.407 e. The second-order valence-electron chi connectivity index (χ2n) is 11.2. The average Bonchev–Trinajstić information content (AvgIpc) is 3.11. The van der Waals surface area contributed by atoms with Crippen molar-refractivity contribution in [2.75, 3.05) is 32.1 Å². The minimum Gasteiger partial charge on any atom is -0.491 e. The molecule has 0 radical (unpaired) electrons. The first-order valence-electron chi connectivity index (χ1n) is 15.5. The summed E-state index contributed by atoms with van der Waals surface area (Å²) in [6, 6.07) is 31.0. The van der Waals surface area contributed by atoms with Gasteiger partial charge in [-0.15, -0.1) is 0 Å². The van der Waals surface area contributed by atoms with E-state index in [2.05, 4.69) is 22.0 Å². The van der Waals surface area contributed by atoms with E-state index >= 15 is 0 Å². The normalized spacial score (nSPS) is 16.5. The summed E-state index contributed by atoms with van der Waals surface area (Å²) >= 11 is 0. The summed E-state index contributed by atoms with van der Waals surface area (Å²) in [7, 11) is 1.24. The maximum atomic E-state index is 14.6. The lowest BCUT2D eigenvalue weighted by molar-refractivity contribution is -0.118. The Kier molecular flexibility index (Phi) is 11.5. The standard InChI is InChI=1S/C37H37FN4O5/c1-45-37(44)42-35(34(27-8-4-2-5-9-27)28-10-6-3-7-11-28)36(43)41-33-20-29(38)16-14-26(33)15-19-31-22-40-23-32(47-31)24-46-30-17-12-25(21-39)13-18-30/h2-14,16-18,20,31-32,34-35,40H,15,19,22-24H2,1H3,(H,41,43)(H,42,44)/t31-,32+,35?/m1/s1. The van der Waals surface area contributed by atoms with Crippen LogP contribution in [0, 0.1) is 17.1 Å². The molecule has 2 amide bonds. The van der Waals surface area contributed by atoms with Gasteiger partial charge in [0.15, 0.2) is 0 Å². The van der Waals surface area contributed by atoms with Crippen molar-refractivity contribution < 1.29 is 28.2 Å². The number of halogens is 1. The van der Waals surface area contributed by atoms with E-state index in [1.807, 2.05) is 60.7 Å². The Bertz CT molecular complexity index is 1620. The van der Waals surface area contributed by atoms with Crippen LogP contribution in [0.5, 0.6) is 5.75 Å². The van der Waals surface area contributed by atoms with Crippen molar-refractivity contribution in [2.45, 2.75) is 37.0 Å². The molecule has 0 aromatic heterocycles. The summed E-state index contributed by atoms with van der Waals surface area (Å²) in [6.45, 7) is 1.60. The fourth-order valence-corrected chi connectivity index (χ4v) is 5.65. The summed E-state index contributed by atoms with van der Waals surface area (Å²) in [6.07, 6.45) is 0.0219. The first-order chi connectivity index (χ1) is 22.9. The monoisotopic (exact) mass is 636 g/mol. The third kappa shape index (κ3) is 9.16. The maximum absolute atomic E-state index is 14.6.